The van der Waals surface area contributed by atoms with Crippen LogP contribution in [0.1, 0.15) is 25.0 Å². The van der Waals surface area contributed by atoms with E-state index in [2.05, 4.69) is 20.6 Å². The highest BCUT2D eigenvalue weighted by atomic mass is 127. The number of hydrogen-bond acceptors (Lipinski definition) is 4. The molecule has 9 heteroatoms. The standard InChI is InChI=1S/C20H25F2N5O.HI/c1-2-24-20(25-12-18(28)14-6-9-23-10-7-14)26-15-8-11-27(13-15)19-16(21)4-3-5-17(19)22;/h3-7,9-10,15,18,28H,2,8,11-13H2,1H3,(H2,24,25,26);1H. The molecule has 2 heterocycles. The van der Waals surface area contributed by atoms with Gasteiger partial charge in [-0.3, -0.25) is 9.98 Å². The Morgan fingerprint density at radius 2 is 1.97 bits per heavy atom. The fourth-order valence-corrected chi connectivity index (χ4v) is 3.25. The molecular formula is C20H26F2IN5O. The van der Waals surface area contributed by atoms with Crippen molar-refractivity contribution < 1.29 is 13.9 Å². The maximum Gasteiger partial charge on any atom is 0.191 e. The van der Waals surface area contributed by atoms with Crippen molar-refractivity contribution in [2.24, 2.45) is 4.99 Å². The number of nitrogens with zero attached hydrogens (tertiary/aromatic N) is 3. The molecule has 2 unspecified atom stereocenters. The van der Waals surface area contributed by atoms with Crippen LogP contribution in [0.5, 0.6) is 0 Å². The summed E-state index contributed by atoms with van der Waals surface area (Å²) in [5.41, 5.74) is 0.763. The van der Waals surface area contributed by atoms with Gasteiger partial charge in [0.1, 0.15) is 17.3 Å². The highest BCUT2D eigenvalue weighted by Crippen LogP contribution is 2.26. The summed E-state index contributed by atoms with van der Waals surface area (Å²) in [6.07, 6.45) is 3.25. The number of benzene rings is 1. The Morgan fingerprint density at radius 3 is 2.62 bits per heavy atom. The lowest BCUT2D eigenvalue weighted by atomic mass is 10.1. The van der Waals surface area contributed by atoms with Gasteiger partial charge >= 0.3 is 0 Å². The average Bonchev–Trinajstić information content (AvgIpc) is 3.14. The van der Waals surface area contributed by atoms with E-state index < -0.39 is 17.7 Å². The normalized spacial score (nSPS) is 17.6. The first-order chi connectivity index (χ1) is 13.6. The van der Waals surface area contributed by atoms with E-state index in [0.29, 0.717) is 25.6 Å². The SMILES string of the molecule is CCNC(=NCC(O)c1ccncc1)NC1CCN(c2c(F)cccc2F)C1.I. The minimum absolute atomic E-state index is 0. The van der Waals surface area contributed by atoms with Crippen LogP contribution in [0.3, 0.4) is 0 Å². The van der Waals surface area contributed by atoms with Crippen LogP contribution < -0.4 is 15.5 Å². The molecule has 0 aliphatic carbocycles. The van der Waals surface area contributed by atoms with Crippen molar-refractivity contribution in [3.05, 3.63) is 59.9 Å². The van der Waals surface area contributed by atoms with Crippen LogP contribution in [-0.4, -0.2) is 48.3 Å². The van der Waals surface area contributed by atoms with Crippen molar-refractivity contribution in [1.82, 2.24) is 15.6 Å². The van der Waals surface area contributed by atoms with Crippen LogP contribution >= 0.6 is 24.0 Å². The second-order valence-electron chi connectivity index (χ2n) is 6.66. The van der Waals surface area contributed by atoms with E-state index in [9.17, 15) is 13.9 Å². The zero-order valence-electron chi connectivity index (χ0n) is 16.2. The van der Waals surface area contributed by atoms with Gasteiger partial charge in [-0.25, -0.2) is 8.78 Å². The molecule has 1 aliphatic heterocycles. The molecule has 1 aromatic carbocycles. The van der Waals surface area contributed by atoms with Crippen LogP contribution in [0.25, 0.3) is 0 Å². The number of aromatic nitrogens is 1. The van der Waals surface area contributed by atoms with Crippen molar-refractivity contribution in [2.75, 3.05) is 31.1 Å². The van der Waals surface area contributed by atoms with Crippen molar-refractivity contribution in [2.45, 2.75) is 25.5 Å². The molecule has 2 aromatic rings. The summed E-state index contributed by atoms with van der Waals surface area (Å²) in [5, 5.41) is 16.7. The lowest BCUT2D eigenvalue weighted by molar-refractivity contribution is 0.187. The van der Waals surface area contributed by atoms with Gasteiger partial charge in [-0.05, 0) is 43.2 Å². The van der Waals surface area contributed by atoms with E-state index in [1.165, 1.54) is 18.2 Å². The summed E-state index contributed by atoms with van der Waals surface area (Å²) in [5.74, 6) is -0.542. The van der Waals surface area contributed by atoms with Gasteiger partial charge in [0, 0.05) is 38.1 Å². The van der Waals surface area contributed by atoms with Crippen molar-refractivity contribution in [3.63, 3.8) is 0 Å². The number of para-hydroxylation sites is 1. The zero-order valence-corrected chi connectivity index (χ0v) is 18.5. The number of pyridine rings is 1. The molecule has 1 aromatic heterocycles. The predicted molar refractivity (Wildman–Crippen MR) is 121 cm³/mol. The monoisotopic (exact) mass is 517 g/mol. The third-order valence-electron chi connectivity index (χ3n) is 4.64. The number of aliphatic hydroxyl groups is 1. The van der Waals surface area contributed by atoms with E-state index in [-0.39, 0.29) is 42.3 Å². The average molecular weight is 517 g/mol. The maximum absolute atomic E-state index is 14.0. The highest BCUT2D eigenvalue weighted by Gasteiger charge is 2.27. The van der Waals surface area contributed by atoms with Gasteiger partial charge in [0.15, 0.2) is 5.96 Å². The van der Waals surface area contributed by atoms with Crippen LogP contribution in [0.4, 0.5) is 14.5 Å². The first-order valence-corrected chi connectivity index (χ1v) is 9.40. The highest BCUT2D eigenvalue weighted by molar-refractivity contribution is 14.0. The molecule has 1 aliphatic rings. The Bertz CT molecular complexity index is 788. The number of nitrogens with one attached hydrogen (secondary N) is 2. The molecule has 0 saturated carbocycles. The van der Waals surface area contributed by atoms with E-state index in [1.807, 2.05) is 6.92 Å². The Morgan fingerprint density at radius 1 is 1.28 bits per heavy atom. The minimum atomic E-state index is -0.731. The van der Waals surface area contributed by atoms with Gasteiger partial charge in [0.05, 0.1) is 12.6 Å². The number of aliphatic imine (C=N–C) groups is 1. The smallest absolute Gasteiger partial charge is 0.191 e. The van der Waals surface area contributed by atoms with Gasteiger partial charge in [-0.15, -0.1) is 24.0 Å². The van der Waals surface area contributed by atoms with Crippen LogP contribution in [0.2, 0.25) is 0 Å². The fraction of sp³-hybridized carbons (Fsp3) is 0.400. The first kappa shape index (κ1) is 23.3. The fourth-order valence-electron chi connectivity index (χ4n) is 3.25. The second kappa shape index (κ2) is 11.2. The molecule has 3 N–H and O–H groups in total. The maximum atomic E-state index is 14.0. The van der Waals surface area contributed by atoms with E-state index in [1.54, 1.807) is 29.4 Å². The first-order valence-electron chi connectivity index (χ1n) is 9.40. The number of guanidine groups is 1. The number of hydrogen-bond donors (Lipinski definition) is 3. The molecule has 158 valence electrons. The van der Waals surface area contributed by atoms with Crippen molar-refractivity contribution in [3.8, 4) is 0 Å². The summed E-state index contributed by atoms with van der Waals surface area (Å²) in [6, 6.07) is 7.40. The number of aliphatic hydroxyl groups excluding tert-OH is 1. The molecule has 0 radical (unpaired) electrons. The van der Waals surface area contributed by atoms with Crippen LogP contribution in [0, 0.1) is 11.6 Å². The van der Waals surface area contributed by atoms with Gasteiger partial charge < -0.3 is 20.6 Å². The second-order valence-corrected chi connectivity index (χ2v) is 6.66. The molecule has 0 amide bonds. The van der Waals surface area contributed by atoms with Crippen LogP contribution in [-0.2, 0) is 0 Å². The Hall–Kier alpha value is -2.01. The third-order valence-corrected chi connectivity index (χ3v) is 4.64. The summed E-state index contributed by atoms with van der Waals surface area (Å²) < 4.78 is 28.0. The molecule has 6 nitrogen and oxygen atoms in total. The van der Waals surface area contributed by atoms with Gasteiger partial charge in [-0.1, -0.05) is 6.07 Å². The molecular weight excluding hydrogens is 491 g/mol. The van der Waals surface area contributed by atoms with Crippen molar-refractivity contribution >= 4 is 35.6 Å². The van der Waals surface area contributed by atoms with E-state index in [4.69, 9.17) is 0 Å². The largest absolute Gasteiger partial charge is 0.386 e. The van der Waals surface area contributed by atoms with Gasteiger partial charge in [-0.2, -0.15) is 0 Å². The molecule has 1 fully saturated rings. The summed E-state index contributed by atoms with van der Waals surface area (Å²) in [4.78, 5) is 10.1. The molecule has 0 bridgehead atoms. The Balaban J connectivity index is 0.00000300. The summed E-state index contributed by atoms with van der Waals surface area (Å²) in [6.45, 7) is 3.82. The van der Waals surface area contributed by atoms with E-state index in [0.717, 1.165) is 12.0 Å². The van der Waals surface area contributed by atoms with Gasteiger partial charge in [0.2, 0.25) is 0 Å². The lowest BCUT2D eigenvalue weighted by Gasteiger charge is -2.21. The number of anilines is 1. The number of rotatable bonds is 6. The van der Waals surface area contributed by atoms with Crippen LogP contribution in [0.15, 0.2) is 47.7 Å². The van der Waals surface area contributed by atoms with Gasteiger partial charge in [0.25, 0.3) is 0 Å². The minimum Gasteiger partial charge on any atom is -0.386 e. The Labute approximate surface area is 186 Å². The topological polar surface area (TPSA) is 72.8 Å². The lowest BCUT2D eigenvalue weighted by Crippen LogP contribution is -2.45. The predicted octanol–water partition coefficient (Wildman–Crippen LogP) is 2.85. The summed E-state index contributed by atoms with van der Waals surface area (Å²) >= 11 is 0. The quantitative estimate of drug-likeness (QED) is 0.313. The summed E-state index contributed by atoms with van der Waals surface area (Å²) in [7, 11) is 0. The third kappa shape index (κ3) is 6.23. The Kier molecular flexibility index (Phi) is 9.02. The molecule has 2 atom stereocenters. The molecule has 0 spiro atoms. The molecule has 1 saturated heterocycles. The van der Waals surface area contributed by atoms with Crippen molar-refractivity contribution in [1.29, 1.82) is 0 Å². The number of halogens is 3. The molecule has 29 heavy (non-hydrogen) atoms. The van der Waals surface area contributed by atoms with E-state index >= 15 is 0 Å². The molecule has 3 rings (SSSR count). The zero-order chi connectivity index (χ0) is 19.9.